The molecule has 24 heavy (non-hydrogen) atoms. The number of hydrogen-bond acceptors (Lipinski definition) is 3. The summed E-state index contributed by atoms with van der Waals surface area (Å²) in [6, 6.07) is 12.2. The van der Waals surface area contributed by atoms with Crippen molar-refractivity contribution in [2.75, 3.05) is 10.0 Å². The molecular weight excluding hydrogens is 324 g/mol. The number of rotatable bonds is 5. The third kappa shape index (κ3) is 3.59. The number of nitrogens with one attached hydrogen (secondary N) is 2. The van der Waals surface area contributed by atoms with Gasteiger partial charge in [-0.3, -0.25) is 9.52 Å². The fourth-order valence-corrected chi connectivity index (χ4v) is 3.88. The second-order valence-electron chi connectivity index (χ2n) is 5.92. The van der Waals surface area contributed by atoms with E-state index in [0.717, 1.165) is 18.4 Å². The second kappa shape index (κ2) is 6.65. The zero-order valence-electron chi connectivity index (χ0n) is 13.5. The van der Waals surface area contributed by atoms with Crippen LogP contribution in [0.4, 0.5) is 11.4 Å². The van der Waals surface area contributed by atoms with Crippen LogP contribution in [-0.4, -0.2) is 14.3 Å². The van der Waals surface area contributed by atoms with Crippen LogP contribution in [-0.2, 0) is 27.7 Å². The van der Waals surface area contributed by atoms with Crippen molar-refractivity contribution >= 4 is 27.3 Å². The van der Waals surface area contributed by atoms with Gasteiger partial charge in [0.15, 0.2) is 0 Å². The largest absolute Gasteiger partial charge is 0.326 e. The van der Waals surface area contributed by atoms with Gasteiger partial charge in [0.05, 0.1) is 4.90 Å². The molecule has 2 aromatic rings. The summed E-state index contributed by atoms with van der Waals surface area (Å²) in [6.45, 7) is 2.11. The smallest absolute Gasteiger partial charge is 0.261 e. The minimum atomic E-state index is -3.65. The van der Waals surface area contributed by atoms with E-state index in [2.05, 4.69) is 17.0 Å². The van der Waals surface area contributed by atoms with Crippen molar-refractivity contribution in [3.63, 3.8) is 0 Å². The lowest BCUT2D eigenvalue weighted by Gasteiger charge is -2.18. The highest BCUT2D eigenvalue weighted by Crippen LogP contribution is 2.26. The third-order valence-electron chi connectivity index (χ3n) is 4.03. The predicted octanol–water partition coefficient (Wildman–Crippen LogP) is 3.32. The van der Waals surface area contributed by atoms with Crippen molar-refractivity contribution in [1.29, 1.82) is 0 Å². The van der Waals surface area contributed by atoms with E-state index in [1.54, 1.807) is 24.3 Å². The highest BCUT2D eigenvalue weighted by molar-refractivity contribution is 7.92. The summed E-state index contributed by atoms with van der Waals surface area (Å²) in [5.41, 5.74) is 3.26. The molecule has 0 unspecified atom stereocenters. The Morgan fingerprint density at radius 2 is 1.83 bits per heavy atom. The summed E-state index contributed by atoms with van der Waals surface area (Å²) in [7, 11) is -3.65. The standard InChI is InChI=1S/C18H20N2O3S/c1-2-3-13-4-7-15(8-5-13)20-24(22,23)16-9-10-17-14(12-16)6-11-18(21)19-17/h4-5,7-10,12,20H,2-3,6,11H2,1H3,(H,19,21). The minimum Gasteiger partial charge on any atom is -0.326 e. The lowest BCUT2D eigenvalue weighted by atomic mass is 10.0. The van der Waals surface area contributed by atoms with E-state index in [9.17, 15) is 13.2 Å². The summed E-state index contributed by atoms with van der Waals surface area (Å²) in [4.78, 5) is 11.6. The van der Waals surface area contributed by atoms with Crippen LogP contribution in [0, 0.1) is 0 Å². The first-order valence-electron chi connectivity index (χ1n) is 8.02. The number of fused-ring (bicyclic) bond motifs is 1. The Morgan fingerprint density at radius 3 is 2.54 bits per heavy atom. The Bertz CT molecular complexity index is 858. The minimum absolute atomic E-state index is 0.0385. The first kappa shape index (κ1) is 16.5. The Balaban J connectivity index is 1.81. The van der Waals surface area contributed by atoms with E-state index in [0.29, 0.717) is 24.2 Å². The zero-order chi connectivity index (χ0) is 17.2. The average Bonchev–Trinajstić information content (AvgIpc) is 2.56. The lowest BCUT2D eigenvalue weighted by Crippen LogP contribution is -2.20. The number of aryl methyl sites for hydroxylation is 2. The van der Waals surface area contributed by atoms with Gasteiger partial charge < -0.3 is 5.32 Å². The molecule has 3 rings (SSSR count). The Kier molecular flexibility index (Phi) is 4.57. The van der Waals surface area contributed by atoms with Crippen LogP contribution < -0.4 is 10.0 Å². The molecule has 0 aromatic heterocycles. The second-order valence-corrected chi connectivity index (χ2v) is 7.60. The van der Waals surface area contributed by atoms with Crippen molar-refractivity contribution in [1.82, 2.24) is 0 Å². The highest BCUT2D eigenvalue weighted by atomic mass is 32.2. The molecule has 6 heteroatoms. The summed E-state index contributed by atoms with van der Waals surface area (Å²) in [6.07, 6.45) is 2.96. The first-order valence-corrected chi connectivity index (χ1v) is 9.51. The molecule has 5 nitrogen and oxygen atoms in total. The fraction of sp³-hybridized carbons (Fsp3) is 0.278. The molecule has 0 bridgehead atoms. The zero-order valence-corrected chi connectivity index (χ0v) is 14.3. The Labute approximate surface area is 142 Å². The topological polar surface area (TPSA) is 75.3 Å². The van der Waals surface area contributed by atoms with Gasteiger partial charge in [0, 0.05) is 17.8 Å². The van der Waals surface area contributed by atoms with Gasteiger partial charge in [-0.05, 0) is 54.3 Å². The molecule has 0 spiro atoms. The van der Waals surface area contributed by atoms with E-state index < -0.39 is 10.0 Å². The SMILES string of the molecule is CCCc1ccc(NS(=O)(=O)c2ccc3c(c2)CCC(=O)N3)cc1. The monoisotopic (exact) mass is 344 g/mol. The molecule has 126 valence electrons. The van der Waals surface area contributed by atoms with Gasteiger partial charge in [0.25, 0.3) is 10.0 Å². The van der Waals surface area contributed by atoms with E-state index in [-0.39, 0.29) is 10.8 Å². The molecule has 0 aliphatic carbocycles. The number of anilines is 2. The van der Waals surface area contributed by atoms with Crippen LogP contribution in [0.15, 0.2) is 47.4 Å². The highest BCUT2D eigenvalue weighted by Gasteiger charge is 2.20. The van der Waals surface area contributed by atoms with Crippen molar-refractivity contribution < 1.29 is 13.2 Å². The molecule has 1 amide bonds. The van der Waals surface area contributed by atoms with Gasteiger partial charge in [0.1, 0.15) is 0 Å². The molecule has 1 aliphatic heterocycles. The van der Waals surface area contributed by atoms with Crippen molar-refractivity contribution in [3.8, 4) is 0 Å². The van der Waals surface area contributed by atoms with Crippen LogP contribution in [0.2, 0.25) is 0 Å². The first-order chi connectivity index (χ1) is 11.5. The summed E-state index contributed by atoms with van der Waals surface area (Å²) < 4.78 is 27.7. The normalized spacial score (nSPS) is 14.0. The number of carbonyl (C=O) groups is 1. The third-order valence-corrected chi connectivity index (χ3v) is 5.41. The number of carbonyl (C=O) groups excluding carboxylic acids is 1. The number of amides is 1. The molecule has 1 aliphatic rings. The van der Waals surface area contributed by atoms with Gasteiger partial charge >= 0.3 is 0 Å². The van der Waals surface area contributed by atoms with Crippen molar-refractivity contribution in [3.05, 3.63) is 53.6 Å². The molecule has 0 saturated carbocycles. The van der Waals surface area contributed by atoms with E-state index in [4.69, 9.17) is 0 Å². The van der Waals surface area contributed by atoms with Gasteiger partial charge in [-0.1, -0.05) is 25.5 Å². The van der Waals surface area contributed by atoms with Crippen LogP contribution in [0.3, 0.4) is 0 Å². The summed E-state index contributed by atoms with van der Waals surface area (Å²) >= 11 is 0. The lowest BCUT2D eigenvalue weighted by molar-refractivity contribution is -0.116. The predicted molar refractivity (Wildman–Crippen MR) is 94.6 cm³/mol. The van der Waals surface area contributed by atoms with Crippen LogP contribution in [0.5, 0.6) is 0 Å². The Hall–Kier alpha value is -2.34. The van der Waals surface area contributed by atoms with Crippen molar-refractivity contribution in [2.45, 2.75) is 37.5 Å². The molecule has 2 N–H and O–H groups in total. The molecule has 1 heterocycles. The van der Waals surface area contributed by atoms with E-state index in [1.165, 1.54) is 11.6 Å². The van der Waals surface area contributed by atoms with Gasteiger partial charge in [-0.25, -0.2) is 8.42 Å². The van der Waals surface area contributed by atoms with E-state index in [1.807, 2.05) is 12.1 Å². The van der Waals surface area contributed by atoms with Crippen molar-refractivity contribution in [2.24, 2.45) is 0 Å². The van der Waals surface area contributed by atoms with Crippen LogP contribution in [0.1, 0.15) is 30.9 Å². The number of hydrogen-bond donors (Lipinski definition) is 2. The Morgan fingerprint density at radius 1 is 1.08 bits per heavy atom. The summed E-state index contributed by atoms with van der Waals surface area (Å²) in [5.74, 6) is -0.0385. The average molecular weight is 344 g/mol. The maximum absolute atomic E-state index is 12.6. The number of benzene rings is 2. The summed E-state index contributed by atoms with van der Waals surface area (Å²) in [5, 5.41) is 2.75. The van der Waals surface area contributed by atoms with Gasteiger partial charge in [0.2, 0.25) is 5.91 Å². The molecule has 0 radical (unpaired) electrons. The fourth-order valence-electron chi connectivity index (χ4n) is 2.77. The molecule has 0 saturated heterocycles. The number of sulfonamides is 1. The van der Waals surface area contributed by atoms with Crippen LogP contribution >= 0.6 is 0 Å². The molecule has 0 atom stereocenters. The quantitative estimate of drug-likeness (QED) is 0.873. The van der Waals surface area contributed by atoms with Gasteiger partial charge in [-0.2, -0.15) is 0 Å². The maximum atomic E-state index is 12.6. The molecule has 2 aromatic carbocycles. The molecule has 0 fully saturated rings. The van der Waals surface area contributed by atoms with Crippen LogP contribution in [0.25, 0.3) is 0 Å². The van der Waals surface area contributed by atoms with Gasteiger partial charge in [-0.15, -0.1) is 0 Å². The molecular formula is C18H20N2O3S. The van der Waals surface area contributed by atoms with E-state index >= 15 is 0 Å². The maximum Gasteiger partial charge on any atom is 0.261 e.